The van der Waals surface area contributed by atoms with Crippen LogP contribution in [0.2, 0.25) is 0 Å². The summed E-state index contributed by atoms with van der Waals surface area (Å²) in [4.78, 5) is 1.94. The van der Waals surface area contributed by atoms with Crippen molar-refractivity contribution in [1.82, 2.24) is 0 Å². The maximum absolute atomic E-state index is 13.0. The Kier molecular flexibility index (Phi) is 3.71. The van der Waals surface area contributed by atoms with Gasteiger partial charge in [0.2, 0.25) is 0 Å². The van der Waals surface area contributed by atoms with E-state index in [0.29, 0.717) is 24.5 Å². The van der Waals surface area contributed by atoms with Crippen LogP contribution in [-0.2, 0) is 4.74 Å². The molecule has 1 aliphatic heterocycles. The van der Waals surface area contributed by atoms with Gasteiger partial charge in [-0.15, -0.1) is 0 Å². The number of nitrogens with zero attached hydrogens (tertiary/aromatic N) is 1. The van der Waals surface area contributed by atoms with E-state index in [2.05, 4.69) is 0 Å². The summed E-state index contributed by atoms with van der Waals surface area (Å²) in [5, 5.41) is 0. The molecule has 2 unspecified atom stereocenters. The normalized spacial score (nSPS) is 24.6. The van der Waals surface area contributed by atoms with Gasteiger partial charge >= 0.3 is 0 Å². The lowest BCUT2D eigenvalue weighted by atomic mass is 10.1. The van der Waals surface area contributed by atoms with Crippen LogP contribution in [0, 0.1) is 0 Å². The number of ether oxygens (including phenoxy) is 1. The monoisotopic (exact) mass is 256 g/mol. The van der Waals surface area contributed by atoms with Crippen molar-refractivity contribution in [3.05, 3.63) is 23.8 Å². The number of hydrogen-bond donors (Lipinski definition) is 1. The largest absolute Gasteiger partial charge is 0.399 e. The minimum absolute atomic E-state index is 0.00343. The van der Waals surface area contributed by atoms with Crippen LogP contribution in [0.15, 0.2) is 18.2 Å². The Labute approximate surface area is 106 Å². The highest BCUT2D eigenvalue weighted by Gasteiger charge is 2.25. The van der Waals surface area contributed by atoms with Crippen molar-refractivity contribution in [2.75, 3.05) is 23.7 Å². The van der Waals surface area contributed by atoms with Crippen molar-refractivity contribution in [3.63, 3.8) is 0 Å². The second kappa shape index (κ2) is 5.10. The highest BCUT2D eigenvalue weighted by Crippen LogP contribution is 2.33. The molecule has 2 rings (SSSR count). The SMILES string of the molecule is CC1CN(c2ccc(N)cc2C(F)F)CC(C)O1. The van der Waals surface area contributed by atoms with Gasteiger partial charge in [0, 0.05) is 30.0 Å². The predicted octanol–water partition coefficient (Wildman–Crippen LogP) is 2.82. The molecule has 0 bridgehead atoms. The molecule has 1 saturated heterocycles. The molecule has 0 aliphatic carbocycles. The second-order valence-electron chi connectivity index (χ2n) is 4.78. The van der Waals surface area contributed by atoms with Gasteiger partial charge in [0.1, 0.15) is 0 Å². The zero-order valence-electron chi connectivity index (χ0n) is 10.6. The third-order valence-electron chi connectivity index (χ3n) is 3.05. The van der Waals surface area contributed by atoms with Gasteiger partial charge in [-0.3, -0.25) is 0 Å². The zero-order valence-corrected chi connectivity index (χ0v) is 10.6. The first-order valence-corrected chi connectivity index (χ1v) is 6.05. The Morgan fingerprint density at radius 1 is 1.28 bits per heavy atom. The number of nitrogen functional groups attached to an aromatic ring is 1. The van der Waals surface area contributed by atoms with Crippen LogP contribution >= 0.6 is 0 Å². The highest BCUT2D eigenvalue weighted by atomic mass is 19.3. The topological polar surface area (TPSA) is 38.5 Å². The molecule has 1 heterocycles. The lowest BCUT2D eigenvalue weighted by molar-refractivity contribution is -0.00545. The number of halogens is 2. The van der Waals surface area contributed by atoms with Crippen molar-refractivity contribution in [2.45, 2.75) is 32.5 Å². The Balaban J connectivity index is 2.32. The number of benzene rings is 1. The number of hydrogen-bond acceptors (Lipinski definition) is 3. The first kappa shape index (κ1) is 13.1. The van der Waals surface area contributed by atoms with Crippen molar-refractivity contribution in [3.8, 4) is 0 Å². The van der Waals surface area contributed by atoms with Crippen LogP contribution in [0.5, 0.6) is 0 Å². The molecule has 5 heteroatoms. The van der Waals surface area contributed by atoms with Gasteiger partial charge in [-0.05, 0) is 32.0 Å². The fraction of sp³-hybridized carbons (Fsp3) is 0.538. The van der Waals surface area contributed by atoms with E-state index in [4.69, 9.17) is 10.5 Å². The lowest BCUT2D eigenvalue weighted by Crippen LogP contribution is -2.45. The molecule has 0 radical (unpaired) electrons. The maximum atomic E-state index is 13.0. The van der Waals surface area contributed by atoms with E-state index in [1.54, 1.807) is 12.1 Å². The molecule has 0 spiro atoms. The molecule has 2 N–H and O–H groups in total. The minimum Gasteiger partial charge on any atom is -0.399 e. The summed E-state index contributed by atoms with van der Waals surface area (Å²) in [5.41, 5.74) is 6.49. The summed E-state index contributed by atoms with van der Waals surface area (Å²) >= 11 is 0. The average Bonchev–Trinajstić information content (AvgIpc) is 2.27. The molecule has 0 saturated carbocycles. The van der Waals surface area contributed by atoms with Crippen LogP contribution in [0.1, 0.15) is 25.8 Å². The van der Waals surface area contributed by atoms with Crippen LogP contribution in [-0.4, -0.2) is 25.3 Å². The van der Waals surface area contributed by atoms with Gasteiger partial charge in [0.15, 0.2) is 0 Å². The van der Waals surface area contributed by atoms with Crippen molar-refractivity contribution in [2.24, 2.45) is 0 Å². The smallest absolute Gasteiger partial charge is 0.265 e. The minimum atomic E-state index is -2.52. The summed E-state index contributed by atoms with van der Waals surface area (Å²) in [5.74, 6) is 0. The van der Waals surface area contributed by atoms with Crippen LogP contribution < -0.4 is 10.6 Å². The van der Waals surface area contributed by atoms with E-state index in [-0.39, 0.29) is 17.8 Å². The fourth-order valence-electron chi connectivity index (χ4n) is 2.41. The van der Waals surface area contributed by atoms with Crippen molar-refractivity contribution in [1.29, 1.82) is 0 Å². The lowest BCUT2D eigenvalue weighted by Gasteiger charge is -2.37. The molecular formula is C13H18F2N2O. The third-order valence-corrected chi connectivity index (χ3v) is 3.05. The molecule has 1 fully saturated rings. The maximum Gasteiger partial charge on any atom is 0.265 e. The molecular weight excluding hydrogens is 238 g/mol. The third kappa shape index (κ3) is 2.72. The van der Waals surface area contributed by atoms with Crippen LogP contribution in [0.3, 0.4) is 0 Å². The molecule has 1 aliphatic rings. The van der Waals surface area contributed by atoms with E-state index in [1.165, 1.54) is 6.07 Å². The van der Waals surface area contributed by atoms with E-state index < -0.39 is 6.43 Å². The molecule has 100 valence electrons. The van der Waals surface area contributed by atoms with E-state index in [9.17, 15) is 8.78 Å². The summed E-state index contributed by atoms with van der Waals surface area (Å²) in [6.45, 7) is 5.13. The Hall–Kier alpha value is -1.36. The van der Waals surface area contributed by atoms with Gasteiger partial charge < -0.3 is 15.4 Å². The van der Waals surface area contributed by atoms with E-state index >= 15 is 0 Å². The number of morpholine rings is 1. The molecule has 1 aromatic rings. The van der Waals surface area contributed by atoms with Gasteiger partial charge in [-0.1, -0.05) is 0 Å². The van der Waals surface area contributed by atoms with Crippen molar-refractivity contribution >= 4 is 11.4 Å². The Bertz CT molecular complexity index is 415. The molecule has 3 nitrogen and oxygen atoms in total. The summed E-state index contributed by atoms with van der Waals surface area (Å²) in [7, 11) is 0. The number of rotatable bonds is 2. The molecule has 18 heavy (non-hydrogen) atoms. The quantitative estimate of drug-likeness (QED) is 0.827. The summed E-state index contributed by atoms with van der Waals surface area (Å²) in [6.07, 6.45) is -2.44. The number of alkyl halides is 2. The predicted molar refractivity (Wildman–Crippen MR) is 68.0 cm³/mol. The first-order valence-electron chi connectivity index (χ1n) is 6.05. The summed E-state index contributed by atoms with van der Waals surface area (Å²) in [6, 6.07) is 4.68. The summed E-state index contributed by atoms with van der Waals surface area (Å²) < 4.78 is 31.7. The van der Waals surface area contributed by atoms with Gasteiger partial charge in [-0.25, -0.2) is 8.78 Å². The second-order valence-corrected chi connectivity index (χ2v) is 4.78. The van der Waals surface area contributed by atoms with Crippen LogP contribution in [0.4, 0.5) is 20.2 Å². The van der Waals surface area contributed by atoms with E-state index in [1.807, 2.05) is 18.7 Å². The van der Waals surface area contributed by atoms with Gasteiger partial charge in [-0.2, -0.15) is 0 Å². The van der Waals surface area contributed by atoms with Crippen LogP contribution in [0.25, 0.3) is 0 Å². The average molecular weight is 256 g/mol. The van der Waals surface area contributed by atoms with Crippen molar-refractivity contribution < 1.29 is 13.5 Å². The van der Waals surface area contributed by atoms with E-state index in [0.717, 1.165) is 0 Å². The molecule has 0 aromatic heterocycles. The Morgan fingerprint density at radius 3 is 2.44 bits per heavy atom. The van der Waals surface area contributed by atoms with Gasteiger partial charge in [0.05, 0.1) is 12.2 Å². The standard InChI is InChI=1S/C13H18F2N2O/c1-8-6-17(7-9(2)18-8)12-4-3-10(16)5-11(12)13(14)15/h3-5,8-9,13H,6-7,16H2,1-2H3. The molecule has 2 atom stereocenters. The first-order chi connectivity index (χ1) is 8.47. The zero-order chi connectivity index (χ0) is 13.3. The Morgan fingerprint density at radius 2 is 1.89 bits per heavy atom. The fourth-order valence-corrected chi connectivity index (χ4v) is 2.41. The van der Waals surface area contributed by atoms with Gasteiger partial charge in [0.25, 0.3) is 6.43 Å². The number of nitrogens with two attached hydrogens (primary N) is 1. The molecule has 0 amide bonds. The highest BCUT2D eigenvalue weighted by molar-refractivity contribution is 5.60. The molecule has 1 aromatic carbocycles. The number of anilines is 2.